The summed E-state index contributed by atoms with van der Waals surface area (Å²) in [5.41, 5.74) is 0.803. The van der Waals surface area contributed by atoms with Gasteiger partial charge in [-0.3, -0.25) is 4.79 Å². The number of amides is 1. The Morgan fingerprint density at radius 1 is 1.26 bits per heavy atom. The van der Waals surface area contributed by atoms with Crippen molar-refractivity contribution in [3.05, 3.63) is 35.2 Å². The van der Waals surface area contributed by atoms with Crippen molar-refractivity contribution in [1.29, 1.82) is 0 Å². The molecular formula is C15H17NO2S. The number of rotatable bonds is 1. The van der Waals surface area contributed by atoms with Gasteiger partial charge in [-0.05, 0) is 25.3 Å². The second kappa shape index (κ2) is 5.31. The number of carbonyl (C=O) groups is 1. The van der Waals surface area contributed by atoms with Crippen molar-refractivity contribution < 1.29 is 9.90 Å². The van der Waals surface area contributed by atoms with Crippen LogP contribution in [0.15, 0.2) is 29.6 Å². The average molecular weight is 275 g/mol. The quantitative estimate of drug-likeness (QED) is 0.869. The molecule has 1 unspecified atom stereocenters. The van der Waals surface area contributed by atoms with Crippen LogP contribution in [-0.2, 0) is 0 Å². The van der Waals surface area contributed by atoms with Crippen molar-refractivity contribution in [2.24, 2.45) is 0 Å². The molecule has 100 valence electrons. The molecule has 0 saturated carbocycles. The van der Waals surface area contributed by atoms with E-state index in [0.717, 1.165) is 35.0 Å². The summed E-state index contributed by atoms with van der Waals surface area (Å²) in [5.74, 6) is 0.103. The van der Waals surface area contributed by atoms with Crippen LogP contribution in [0.25, 0.3) is 10.1 Å². The summed E-state index contributed by atoms with van der Waals surface area (Å²) < 4.78 is 1.15. The van der Waals surface area contributed by atoms with Gasteiger partial charge >= 0.3 is 0 Å². The Hall–Kier alpha value is -1.39. The largest absolute Gasteiger partial charge is 0.393 e. The molecule has 2 heterocycles. The van der Waals surface area contributed by atoms with Crippen LogP contribution >= 0.6 is 11.3 Å². The van der Waals surface area contributed by atoms with Crippen molar-refractivity contribution in [3.8, 4) is 0 Å². The molecule has 1 N–H and O–H groups in total. The van der Waals surface area contributed by atoms with Gasteiger partial charge in [-0.25, -0.2) is 0 Å². The Morgan fingerprint density at radius 3 is 3.00 bits per heavy atom. The van der Waals surface area contributed by atoms with E-state index in [4.69, 9.17) is 0 Å². The maximum absolute atomic E-state index is 12.6. The molecule has 2 aromatic rings. The summed E-state index contributed by atoms with van der Waals surface area (Å²) in [5, 5.41) is 12.7. The molecule has 1 atom stereocenters. The third kappa shape index (κ3) is 2.51. The number of hydrogen-bond acceptors (Lipinski definition) is 3. The Balaban J connectivity index is 1.87. The van der Waals surface area contributed by atoms with E-state index in [0.29, 0.717) is 13.0 Å². The molecule has 3 rings (SSSR count). The second-order valence-corrected chi connectivity index (χ2v) is 5.93. The zero-order chi connectivity index (χ0) is 13.2. The molecule has 0 bridgehead atoms. The number of aliphatic hydroxyl groups excluding tert-OH is 1. The Morgan fingerprint density at radius 2 is 2.11 bits per heavy atom. The first-order valence-electron chi connectivity index (χ1n) is 6.69. The highest BCUT2D eigenvalue weighted by atomic mass is 32.1. The van der Waals surface area contributed by atoms with E-state index in [1.807, 2.05) is 34.5 Å². The van der Waals surface area contributed by atoms with Crippen molar-refractivity contribution in [2.75, 3.05) is 13.1 Å². The lowest BCUT2D eigenvalue weighted by Crippen LogP contribution is -2.32. The molecule has 1 aromatic carbocycles. The number of fused-ring (bicyclic) bond motifs is 1. The Labute approximate surface area is 116 Å². The first-order chi connectivity index (χ1) is 9.25. The zero-order valence-electron chi connectivity index (χ0n) is 10.7. The smallest absolute Gasteiger partial charge is 0.255 e. The van der Waals surface area contributed by atoms with Crippen LogP contribution in [0.4, 0.5) is 0 Å². The molecule has 0 aliphatic carbocycles. The van der Waals surface area contributed by atoms with Crippen molar-refractivity contribution in [2.45, 2.75) is 25.4 Å². The van der Waals surface area contributed by atoms with E-state index in [9.17, 15) is 9.90 Å². The van der Waals surface area contributed by atoms with Crippen LogP contribution in [0.2, 0.25) is 0 Å². The van der Waals surface area contributed by atoms with E-state index < -0.39 is 0 Å². The summed E-state index contributed by atoms with van der Waals surface area (Å²) in [6.07, 6.45) is 2.12. The van der Waals surface area contributed by atoms with Gasteiger partial charge in [0.05, 0.1) is 11.7 Å². The number of benzene rings is 1. The van der Waals surface area contributed by atoms with E-state index in [2.05, 4.69) is 0 Å². The minimum Gasteiger partial charge on any atom is -0.393 e. The van der Waals surface area contributed by atoms with Crippen molar-refractivity contribution >= 4 is 27.3 Å². The minimum absolute atomic E-state index is 0.103. The van der Waals surface area contributed by atoms with Gasteiger partial charge in [0.25, 0.3) is 5.91 Å². The Bertz CT molecular complexity index is 593. The first kappa shape index (κ1) is 12.6. The van der Waals surface area contributed by atoms with Gasteiger partial charge in [0, 0.05) is 28.6 Å². The topological polar surface area (TPSA) is 40.5 Å². The molecule has 1 aromatic heterocycles. The second-order valence-electron chi connectivity index (χ2n) is 5.02. The Kier molecular flexibility index (Phi) is 3.53. The molecule has 1 fully saturated rings. The van der Waals surface area contributed by atoms with Crippen molar-refractivity contribution in [3.63, 3.8) is 0 Å². The minimum atomic E-state index is -0.253. The van der Waals surface area contributed by atoms with Crippen LogP contribution in [0.1, 0.15) is 29.6 Å². The number of thiophene rings is 1. The molecule has 1 aliphatic rings. The number of nitrogens with zero attached hydrogens (tertiary/aromatic N) is 1. The molecule has 4 heteroatoms. The molecule has 3 nitrogen and oxygen atoms in total. The van der Waals surface area contributed by atoms with Gasteiger partial charge in [0.1, 0.15) is 0 Å². The lowest BCUT2D eigenvalue weighted by atomic mass is 10.1. The molecule has 1 amide bonds. The van der Waals surface area contributed by atoms with Crippen molar-refractivity contribution in [1.82, 2.24) is 4.90 Å². The first-order valence-corrected chi connectivity index (χ1v) is 7.57. The monoisotopic (exact) mass is 275 g/mol. The predicted molar refractivity (Wildman–Crippen MR) is 77.6 cm³/mol. The predicted octanol–water partition coefficient (Wildman–Crippen LogP) is 2.89. The molecule has 1 aliphatic heterocycles. The molecular weight excluding hydrogens is 258 g/mol. The van der Waals surface area contributed by atoms with Gasteiger partial charge in [-0.2, -0.15) is 0 Å². The van der Waals surface area contributed by atoms with Crippen LogP contribution < -0.4 is 0 Å². The number of aliphatic hydroxyl groups is 1. The third-order valence-electron chi connectivity index (χ3n) is 3.70. The summed E-state index contributed by atoms with van der Waals surface area (Å²) in [4.78, 5) is 14.5. The van der Waals surface area contributed by atoms with Gasteiger partial charge < -0.3 is 10.0 Å². The normalized spacial score (nSPS) is 20.5. The van der Waals surface area contributed by atoms with Crippen LogP contribution in [0.3, 0.4) is 0 Å². The maximum atomic E-state index is 12.6. The molecule has 0 radical (unpaired) electrons. The number of carbonyl (C=O) groups excluding carboxylic acids is 1. The molecule has 1 saturated heterocycles. The fourth-order valence-electron chi connectivity index (χ4n) is 2.60. The van der Waals surface area contributed by atoms with Crippen LogP contribution in [0.5, 0.6) is 0 Å². The third-order valence-corrected chi connectivity index (χ3v) is 4.66. The van der Waals surface area contributed by atoms with E-state index >= 15 is 0 Å². The summed E-state index contributed by atoms with van der Waals surface area (Å²) in [6.45, 7) is 1.41. The fourth-order valence-corrected chi connectivity index (χ4v) is 3.53. The van der Waals surface area contributed by atoms with Gasteiger partial charge in [0.15, 0.2) is 0 Å². The molecule has 19 heavy (non-hydrogen) atoms. The van der Waals surface area contributed by atoms with Gasteiger partial charge in [-0.1, -0.05) is 18.2 Å². The van der Waals surface area contributed by atoms with Gasteiger partial charge in [-0.15, -0.1) is 11.3 Å². The standard InChI is InChI=1S/C15H17NO2S/c17-11-4-3-8-16(9-7-11)15(18)13-10-19-14-6-2-1-5-12(13)14/h1-2,5-6,10-11,17H,3-4,7-9H2. The highest BCUT2D eigenvalue weighted by molar-refractivity contribution is 7.17. The number of hydrogen-bond donors (Lipinski definition) is 1. The lowest BCUT2D eigenvalue weighted by molar-refractivity contribution is 0.0755. The zero-order valence-corrected chi connectivity index (χ0v) is 11.5. The average Bonchev–Trinajstić information content (AvgIpc) is 2.74. The lowest BCUT2D eigenvalue weighted by Gasteiger charge is -2.20. The van der Waals surface area contributed by atoms with Crippen LogP contribution in [0, 0.1) is 0 Å². The summed E-state index contributed by atoms with van der Waals surface area (Å²) in [7, 11) is 0. The summed E-state index contributed by atoms with van der Waals surface area (Å²) >= 11 is 1.62. The molecule has 0 spiro atoms. The van der Waals surface area contributed by atoms with Crippen LogP contribution in [-0.4, -0.2) is 35.1 Å². The van der Waals surface area contributed by atoms with Gasteiger partial charge in [0.2, 0.25) is 0 Å². The summed E-state index contributed by atoms with van der Waals surface area (Å²) in [6, 6.07) is 8.02. The van der Waals surface area contributed by atoms with E-state index in [1.54, 1.807) is 11.3 Å². The fraction of sp³-hybridized carbons (Fsp3) is 0.400. The highest BCUT2D eigenvalue weighted by Crippen LogP contribution is 2.27. The van der Waals surface area contributed by atoms with E-state index in [1.165, 1.54) is 0 Å². The SMILES string of the molecule is O=C(c1csc2ccccc12)N1CCCC(O)CC1. The number of likely N-dealkylation sites (tertiary alicyclic amines) is 1. The van der Waals surface area contributed by atoms with E-state index in [-0.39, 0.29) is 12.0 Å². The maximum Gasteiger partial charge on any atom is 0.255 e. The highest BCUT2D eigenvalue weighted by Gasteiger charge is 2.22.